The predicted octanol–water partition coefficient (Wildman–Crippen LogP) is 5.96. The number of carbonyl (C=O) groups excluding carboxylic acids is 1. The minimum Gasteiger partial charge on any atom is -0.356 e. The van der Waals surface area contributed by atoms with Crippen LogP contribution >= 0.6 is 0 Å². The normalized spacial score (nSPS) is 21.9. The molecular weight excluding hydrogens is 541 g/mol. The molecule has 1 aliphatic heterocycles. The van der Waals surface area contributed by atoms with E-state index in [0.717, 1.165) is 24.4 Å². The maximum absolute atomic E-state index is 14.2. The lowest BCUT2D eigenvalue weighted by Gasteiger charge is -2.26. The molecule has 0 bridgehead atoms. The molecule has 3 heterocycles. The van der Waals surface area contributed by atoms with E-state index in [-0.39, 0.29) is 47.8 Å². The van der Waals surface area contributed by atoms with Gasteiger partial charge in [0.1, 0.15) is 11.6 Å². The average Bonchev–Trinajstić information content (AvgIpc) is 3.42. The van der Waals surface area contributed by atoms with E-state index in [1.54, 1.807) is 24.2 Å². The molecule has 2 unspecified atom stereocenters. The average molecular weight is 575 g/mol. The number of aromatic nitrogens is 3. The number of rotatable bonds is 7. The fraction of sp³-hybridized carbons (Fsp3) is 0.464. The van der Waals surface area contributed by atoms with E-state index in [4.69, 9.17) is 4.78 Å². The van der Waals surface area contributed by atoms with Gasteiger partial charge in [-0.15, -0.1) is 0 Å². The molecule has 2 fully saturated rings. The first kappa shape index (κ1) is 28.1. The van der Waals surface area contributed by atoms with Gasteiger partial charge in [-0.1, -0.05) is 6.92 Å². The molecule has 12 heteroatoms. The highest BCUT2D eigenvalue weighted by Crippen LogP contribution is 2.39. The molecule has 3 aromatic rings. The summed E-state index contributed by atoms with van der Waals surface area (Å²) in [6.45, 7) is 5.15. The number of hydrogen-bond donors (Lipinski definition) is 2. The minimum absolute atomic E-state index is 0.0357. The van der Waals surface area contributed by atoms with Gasteiger partial charge >= 0.3 is 0 Å². The molecule has 0 radical (unpaired) electrons. The second-order valence-electron chi connectivity index (χ2n) is 11.1. The van der Waals surface area contributed by atoms with Crippen LogP contribution in [0.3, 0.4) is 0 Å². The van der Waals surface area contributed by atoms with Crippen molar-refractivity contribution in [2.45, 2.75) is 56.9 Å². The molecule has 2 aliphatic rings. The van der Waals surface area contributed by atoms with Crippen molar-refractivity contribution < 1.29 is 22.2 Å². The second-order valence-corrected chi connectivity index (χ2v) is 13.2. The van der Waals surface area contributed by atoms with Gasteiger partial charge in [0.05, 0.1) is 26.4 Å². The highest BCUT2D eigenvalue weighted by molar-refractivity contribution is 7.91. The molecule has 5 rings (SSSR count). The van der Waals surface area contributed by atoms with Crippen molar-refractivity contribution in [1.82, 2.24) is 14.8 Å². The Morgan fingerprint density at radius 2 is 2.00 bits per heavy atom. The van der Waals surface area contributed by atoms with Gasteiger partial charge < -0.3 is 10.2 Å². The van der Waals surface area contributed by atoms with Crippen molar-refractivity contribution in [2.75, 3.05) is 29.6 Å². The summed E-state index contributed by atoms with van der Waals surface area (Å²) in [7, 11) is -3.38. The summed E-state index contributed by atoms with van der Waals surface area (Å²) in [4.78, 5) is 19.8. The van der Waals surface area contributed by atoms with Crippen molar-refractivity contribution in [2.24, 2.45) is 11.8 Å². The number of nitrogens with zero attached hydrogens (tertiary/aromatic N) is 4. The molecule has 1 saturated heterocycles. The van der Waals surface area contributed by atoms with Crippen LogP contribution in [0.1, 0.15) is 48.5 Å². The molecule has 1 amide bonds. The summed E-state index contributed by atoms with van der Waals surface area (Å²) in [6.07, 6.45) is 7.23. The first-order valence-corrected chi connectivity index (χ1v) is 15.3. The molecule has 2 aromatic heterocycles. The minimum atomic E-state index is -3.38. The lowest BCUT2D eigenvalue weighted by atomic mass is 9.99. The Hall–Kier alpha value is -3.41. The van der Waals surface area contributed by atoms with Crippen molar-refractivity contribution in [3.63, 3.8) is 0 Å². The van der Waals surface area contributed by atoms with Crippen molar-refractivity contribution in [1.29, 1.82) is 4.78 Å². The number of benzene rings is 1. The van der Waals surface area contributed by atoms with E-state index in [0.29, 0.717) is 29.5 Å². The monoisotopic (exact) mass is 574 g/mol. The van der Waals surface area contributed by atoms with Crippen LogP contribution in [0.5, 0.6) is 0 Å². The summed E-state index contributed by atoms with van der Waals surface area (Å²) in [5.74, 6) is -2.59. The summed E-state index contributed by atoms with van der Waals surface area (Å²) in [5, 5.41) is 7.21. The van der Waals surface area contributed by atoms with Crippen LogP contribution in [0.25, 0.3) is 11.1 Å². The lowest BCUT2D eigenvalue weighted by Crippen LogP contribution is -2.30. The molecule has 8 nitrogen and oxygen atoms in total. The van der Waals surface area contributed by atoms with E-state index in [2.05, 4.69) is 22.3 Å². The topological polar surface area (TPSA) is 104 Å². The Bertz CT molecular complexity index is 1560. The zero-order chi connectivity index (χ0) is 28.8. The smallest absolute Gasteiger partial charge is 0.259 e. The molecule has 1 aromatic carbocycles. The maximum atomic E-state index is 14.2. The number of anilines is 2. The summed E-state index contributed by atoms with van der Waals surface area (Å²) in [5.41, 5.74) is 2.44. The Kier molecular flexibility index (Phi) is 7.41. The van der Waals surface area contributed by atoms with Gasteiger partial charge in [0.25, 0.3) is 5.91 Å². The number of amides is 1. The van der Waals surface area contributed by atoms with Gasteiger partial charge in [-0.2, -0.15) is 5.10 Å². The van der Waals surface area contributed by atoms with Crippen LogP contribution < -0.4 is 10.2 Å². The number of pyridine rings is 1. The zero-order valence-electron chi connectivity index (χ0n) is 22.7. The molecule has 2 N–H and O–H groups in total. The van der Waals surface area contributed by atoms with Gasteiger partial charge in [0, 0.05) is 67.9 Å². The van der Waals surface area contributed by atoms with Crippen LogP contribution in [0.15, 0.2) is 41.7 Å². The van der Waals surface area contributed by atoms with E-state index in [1.165, 1.54) is 18.6 Å². The molecular formula is C28H33F3N6O2S. The van der Waals surface area contributed by atoms with Crippen LogP contribution in [-0.2, 0) is 16.3 Å². The Morgan fingerprint density at radius 1 is 1.25 bits per heavy atom. The third kappa shape index (κ3) is 6.01. The summed E-state index contributed by atoms with van der Waals surface area (Å²) in [6, 6.07) is 3.56. The molecule has 40 heavy (non-hydrogen) atoms. The first-order chi connectivity index (χ1) is 18.8. The summed E-state index contributed by atoms with van der Waals surface area (Å²) >= 11 is 0. The van der Waals surface area contributed by atoms with Gasteiger partial charge in [0.2, 0.25) is 5.92 Å². The molecule has 1 aliphatic carbocycles. The molecule has 1 saturated carbocycles. The zero-order valence-corrected chi connectivity index (χ0v) is 23.5. The second kappa shape index (κ2) is 10.5. The van der Waals surface area contributed by atoms with Crippen molar-refractivity contribution in [3.05, 3.63) is 53.7 Å². The SMILES string of the molecule is Cc1c(-c2cnn(C[C@H]3CC3C)c2)cnc(N2CCCC(F)(F)CC2)c1C(=O)Nc1ccc(F)c(S(C)(=N)=O)c1. The van der Waals surface area contributed by atoms with Gasteiger partial charge in [-0.05, 0) is 55.4 Å². The Balaban J connectivity index is 1.53. The third-order valence-electron chi connectivity index (χ3n) is 7.81. The molecule has 3 atom stereocenters. The largest absolute Gasteiger partial charge is 0.356 e. The highest BCUT2D eigenvalue weighted by Gasteiger charge is 2.34. The van der Waals surface area contributed by atoms with E-state index in [9.17, 15) is 22.2 Å². The van der Waals surface area contributed by atoms with Crippen molar-refractivity contribution in [3.8, 4) is 11.1 Å². The van der Waals surface area contributed by atoms with Gasteiger partial charge in [-0.25, -0.2) is 27.1 Å². The molecule has 214 valence electrons. The number of nitrogens with one attached hydrogen (secondary N) is 2. The van der Waals surface area contributed by atoms with E-state index in [1.807, 2.05) is 10.9 Å². The molecule has 0 spiro atoms. The number of alkyl halides is 2. The highest BCUT2D eigenvalue weighted by atomic mass is 32.2. The maximum Gasteiger partial charge on any atom is 0.259 e. The van der Waals surface area contributed by atoms with Crippen LogP contribution in [0.2, 0.25) is 0 Å². The fourth-order valence-corrected chi connectivity index (χ4v) is 6.03. The predicted molar refractivity (Wildman–Crippen MR) is 148 cm³/mol. The third-order valence-corrected chi connectivity index (χ3v) is 8.97. The number of carbonyl (C=O) groups is 1. The van der Waals surface area contributed by atoms with Gasteiger partial charge in [0.15, 0.2) is 0 Å². The van der Waals surface area contributed by atoms with Crippen molar-refractivity contribution >= 4 is 27.1 Å². The number of hydrogen-bond acceptors (Lipinski definition) is 6. The Morgan fingerprint density at radius 3 is 2.70 bits per heavy atom. The quantitative estimate of drug-likeness (QED) is 0.362. The van der Waals surface area contributed by atoms with E-state index < -0.39 is 27.4 Å². The summed E-state index contributed by atoms with van der Waals surface area (Å²) < 4.78 is 64.4. The fourth-order valence-electron chi connectivity index (χ4n) is 5.24. The van der Waals surface area contributed by atoms with Crippen LogP contribution in [0.4, 0.5) is 24.7 Å². The lowest BCUT2D eigenvalue weighted by molar-refractivity contribution is -0.0102. The first-order valence-electron chi connectivity index (χ1n) is 13.3. The Labute approximate surface area is 232 Å². The van der Waals surface area contributed by atoms with E-state index >= 15 is 0 Å². The van der Waals surface area contributed by atoms with Crippen LogP contribution in [0, 0.1) is 29.4 Å². The van der Waals surface area contributed by atoms with Crippen LogP contribution in [-0.4, -0.2) is 50.1 Å². The number of halogens is 3. The standard InChI is InChI=1S/C28H33F3N6O2S/c1-17-11-19(17)15-37-16-20(13-34-37)22-14-33-26(36-9-4-7-28(30,31)8-10-36)25(18(22)2)27(38)35-21-5-6-23(29)24(12-21)40(3,32)39/h5-6,12-14,16-17,19,32H,4,7-11,15H2,1-3H3,(H,35,38)/t17?,19-,40?/m1/s1. The van der Waals surface area contributed by atoms with Gasteiger partial charge in [-0.3, -0.25) is 9.48 Å².